The molecule has 0 aromatic heterocycles. The zero-order chi connectivity index (χ0) is 15.9. The minimum Gasteiger partial charge on any atom is -0.354 e. The van der Waals surface area contributed by atoms with E-state index in [4.69, 9.17) is 0 Å². The molecule has 0 spiro atoms. The van der Waals surface area contributed by atoms with Crippen LogP contribution in [-0.2, 0) is 9.59 Å². The van der Waals surface area contributed by atoms with Gasteiger partial charge in [-0.2, -0.15) is 0 Å². The zero-order valence-electron chi connectivity index (χ0n) is 14.1. The predicted molar refractivity (Wildman–Crippen MR) is 87.4 cm³/mol. The summed E-state index contributed by atoms with van der Waals surface area (Å²) < 4.78 is 0. The van der Waals surface area contributed by atoms with E-state index in [1.807, 2.05) is 11.8 Å². The van der Waals surface area contributed by atoms with E-state index in [1.165, 1.54) is 0 Å². The molecule has 126 valence electrons. The Morgan fingerprint density at radius 3 is 2.82 bits per heavy atom. The van der Waals surface area contributed by atoms with Crippen LogP contribution >= 0.6 is 0 Å². The average Bonchev–Trinajstić information content (AvgIpc) is 3.07. The molecule has 2 heterocycles. The van der Waals surface area contributed by atoms with E-state index in [9.17, 15) is 9.59 Å². The van der Waals surface area contributed by atoms with Crippen LogP contribution in [0.3, 0.4) is 0 Å². The van der Waals surface area contributed by atoms with Gasteiger partial charge in [-0.1, -0.05) is 20.3 Å². The topological polar surface area (TPSA) is 61.4 Å². The van der Waals surface area contributed by atoms with Crippen LogP contribution in [-0.4, -0.2) is 48.9 Å². The second kappa shape index (κ2) is 8.51. The molecule has 2 amide bonds. The minimum atomic E-state index is -0.00842. The largest absolute Gasteiger partial charge is 0.354 e. The highest BCUT2D eigenvalue weighted by Gasteiger charge is 2.27. The van der Waals surface area contributed by atoms with Crippen LogP contribution in [0, 0.1) is 11.8 Å². The summed E-state index contributed by atoms with van der Waals surface area (Å²) in [4.78, 5) is 26.5. The molecule has 2 fully saturated rings. The third kappa shape index (κ3) is 4.70. The van der Waals surface area contributed by atoms with Crippen molar-refractivity contribution in [3.05, 3.63) is 0 Å². The summed E-state index contributed by atoms with van der Waals surface area (Å²) in [6.45, 7) is 7.47. The molecule has 2 saturated heterocycles. The number of rotatable bonds is 6. The van der Waals surface area contributed by atoms with Crippen molar-refractivity contribution in [3.63, 3.8) is 0 Å². The highest BCUT2D eigenvalue weighted by molar-refractivity contribution is 5.82. The second-order valence-corrected chi connectivity index (χ2v) is 6.88. The van der Waals surface area contributed by atoms with Gasteiger partial charge in [0.25, 0.3) is 0 Å². The molecule has 0 saturated carbocycles. The molecule has 2 aliphatic rings. The number of likely N-dealkylation sites (tertiary alicyclic amines) is 1. The van der Waals surface area contributed by atoms with Crippen molar-refractivity contribution in [2.75, 3.05) is 26.2 Å². The molecule has 0 aromatic rings. The molecule has 3 atom stereocenters. The maximum atomic E-state index is 12.4. The van der Waals surface area contributed by atoms with Crippen molar-refractivity contribution in [2.24, 2.45) is 11.8 Å². The lowest BCUT2D eigenvalue weighted by Gasteiger charge is -2.34. The quantitative estimate of drug-likeness (QED) is 0.782. The van der Waals surface area contributed by atoms with E-state index in [0.29, 0.717) is 12.5 Å². The van der Waals surface area contributed by atoms with Gasteiger partial charge in [-0.05, 0) is 44.6 Å². The Kier molecular flexibility index (Phi) is 6.68. The first-order valence-corrected chi connectivity index (χ1v) is 8.91. The third-order valence-corrected chi connectivity index (χ3v) is 4.92. The van der Waals surface area contributed by atoms with Crippen molar-refractivity contribution in [1.82, 2.24) is 15.5 Å². The first-order chi connectivity index (χ1) is 10.6. The lowest BCUT2D eigenvalue weighted by atomic mass is 9.95. The fourth-order valence-corrected chi connectivity index (χ4v) is 3.58. The lowest BCUT2D eigenvalue weighted by molar-refractivity contribution is -0.137. The van der Waals surface area contributed by atoms with Gasteiger partial charge >= 0.3 is 0 Å². The number of carbonyl (C=O) groups is 2. The molecule has 0 radical (unpaired) electrons. The molecule has 2 rings (SSSR count). The van der Waals surface area contributed by atoms with E-state index < -0.39 is 0 Å². The van der Waals surface area contributed by atoms with Gasteiger partial charge in [0.1, 0.15) is 0 Å². The monoisotopic (exact) mass is 309 g/mol. The molecule has 22 heavy (non-hydrogen) atoms. The molecule has 0 bridgehead atoms. The van der Waals surface area contributed by atoms with Crippen LogP contribution in [0.15, 0.2) is 0 Å². The van der Waals surface area contributed by atoms with Crippen LogP contribution in [0.1, 0.15) is 52.4 Å². The summed E-state index contributed by atoms with van der Waals surface area (Å²) in [5, 5.41) is 6.29. The van der Waals surface area contributed by atoms with Crippen molar-refractivity contribution in [1.29, 1.82) is 0 Å². The molecule has 5 nitrogen and oxygen atoms in total. The highest BCUT2D eigenvalue weighted by Crippen LogP contribution is 2.19. The van der Waals surface area contributed by atoms with Gasteiger partial charge in [-0.25, -0.2) is 0 Å². The van der Waals surface area contributed by atoms with E-state index >= 15 is 0 Å². The molecule has 0 aliphatic carbocycles. The van der Waals surface area contributed by atoms with Crippen molar-refractivity contribution >= 4 is 11.8 Å². The van der Waals surface area contributed by atoms with Crippen LogP contribution in [0.2, 0.25) is 0 Å². The normalized spacial score (nSPS) is 26.7. The summed E-state index contributed by atoms with van der Waals surface area (Å²) in [5.74, 6) is 0.938. The van der Waals surface area contributed by atoms with E-state index in [0.717, 1.165) is 58.2 Å². The van der Waals surface area contributed by atoms with Gasteiger partial charge in [0, 0.05) is 25.6 Å². The summed E-state index contributed by atoms with van der Waals surface area (Å²) in [6.07, 6.45) is 6.19. The first kappa shape index (κ1) is 17.3. The summed E-state index contributed by atoms with van der Waals surface area (Å²) in [6, 6.07) is -0.00842. The molecular weight excluding hydrogens is 278 g/mol. The van der Waals surface area contributed by atoms with Gasteiger partial charge in [-0.3, -0.25) is 9.59 Å². The number of hydrogen-bond donors (Lipinski definition) is 2. The van der Waals surface area contributed by atoms with E-state index in [2.05, 4.69) is 17.6 Å². The molecule has 0 aromatic carbocycles. The summed E-state index contributed by atoms with van der Waals surface area (Å²) >= 11 is 0. The average molecular weight is 309 g/mol. The molecule has 5 heteroatoms. The predicted octanol–water partition coefficient (Wildman–Crippen LogP) is 1.53. The maximum absolute atomic E-state index is 12.4. The van der Waals surface area contributed by atoms with E-state index in [1.54, 1.807) is 0 Å². The van der Waals surface area contributed by atoms with Gasteiger partial charge in [0.15, 0.2) is 0 Å². The fraction of sp³-hybridized carbons (Fsp3) is 0.882. The number of nitrogens with zero attached hydrogens (tertiary/aromatic N) is 1. The molecule has 3 unspecified atom stereocenters. The Hall–Kier alpha value is -1.10. The molecule has 2 aliphatic heterocycles. The maximum Gasteiger partial charge on any atom is 0.237 e. The Bertz CT molecular complexity index is 380. The van der Waals surface area contributed by atoms with Crippen molar-refractivity contribution in [3.8, 4) is 0 Å². The highest BCUT2D eigenvalue weighted by atomic mass is 16.2. The Labute approximate surface area is 134 Å². The van der Waals surface area contributed by atoms with Gasteiger partial charge < -0.3 is 15.5 Å². The van der Waals surface area contributed by atoms with Crippen molar-refractivity contribution < 1.29 is 9.59 Å². The van der Waals surface area contributed by atoms with Crippen LogP contribution in [0.5, 0.6) is 0 Å². The fourth-order valence-electron chi connectivity index (χ4n) is 3.58. The third-order valence-electron chi connectivity index (χ3n) is 4.92. The number of piperidine rings is 1. The molecular formula is C17H31N3O2. The Morgan fingerprint density at radius 2 is 2.14 bits per heavy atom. The number of amides is 2. The number of carbonyl (C=O) groups excluding carboxylic acids is 2. The van der Waals surface area contributed by atoms with Gasteiger partial charge in [0.2, 0.25) is 11.8 Å². The number of nitrogens with one attached hydrogen (secondary N) is 2. The Balaban J connectivity index is 1.75. The minimum absolute atomic E-state index is 0.00842. The van der Waals surface area contributed by atoms with Crippen LogP contribution in [0.4, 0.5) is 0 Å². The zero-order valence-corrected chi connectivity index (χ0v) is 14.1. The SMILES string of the molecule is CCCC(C)C(=O)N1CCCC(CNC(=O)C2CCCN2)C1. The van der Waals surface area contributed by atoms with Gasteiger partial charge in [0.05, 0.1) is 6.04 Å². The van der Waals surface area contributed by atoms with Crippen molar-refractivity contribution in [2.45, 2.75) is 58.4 Å². The summed E-state index contributed by atoms with van der Waals surface area (Å²) in [5.41, 5.74) is 0. The lowest BCUT2D eigenvalue weighted by Crippen LogP contribution is -2.47. The molecule has 2 N–H and O–H groups in total. The summed E-state index contributed by atoms with van der Waals surface area (Å²) in [7, 11) is 0. The Morgan fingerprint density at radius 1 is 1.32 bits per heavy atom. The van der Waals surface area contributed by atoms with Gasteiger partial charge in [-0.15, -0.1) is 0 Å². The number of hydrogen-bond acceptors (Lipinski definition) is 3. The van der Waals surface area contributed by atoms with E-state index in [-0.39, 0.29) is 23.8 Å². The van der Waals surface area contributed by atoms with Crippen LogP contribution < -0.4 is 10.6 Å². The van der Waals surface area contributed by atoms with Crippen LogP contribution in [0.25, 0.3) is 0 Å². The first-order valence-electron chi connectivity index (χ1n) is 8.91. The second-order valence-electron chi connectivity index (χ2n) is 6.88. The smallest absolute Gasteiger partial charge is 0.237 e. The standard InChI is InChI=1S/C17H31N3O2/c1-3-6-13(2)17(22)20-10-5-7-14(12-20)11-19-16(21)15-8-4-9-18-15/h13-15,18H,3-12H2,1-2H3,(H,19,21).